The fourth-order valence-electron chi connectivity index (χ4n) is 1.51. The van der Waals surface area contributed by atoms with Gasteiger partial charge in [-0.1, -0.05) is 19.6 Å². The Kier molecular flexibility index (Phi) is 2.34. The lowest BCUT2D eigenvalue weighted by Gasteiger charge is -2.10. The fraction of sp³-hybridized carbons (Fsp3) is 0.273. The molecule has 0 radical (unpaired) electrons. The van der Waals surface area contributed by atoms with E-state index in [2.05, 4.69) is 19.6 Å². The second-order valence-electron chi connectivity index (χ2n) is 4.84. The van der Waals surface area contributed by atoms with Gasteiger partial charge in [-0.2, -0.15) is 0 Å². The third-order valence-electron chi connectivity index (χ3n) is 2.45. The van der Waals surface area contributed by atoms with Gasteiger partial charge < -0.3 is 4.42 Å². The fourth-order valence-corrected chi connectivity index (χ4v) is 2.52. The van der Waals surface area contributed by atoms with Gasteiger partial charge in [0.2, 0.25) is 0 Å². The highest BCUT2D eigenvalue weighted by Gasteiger charge is 2.22. The minimum Gasteiger partial charge on any atom is -0.466 e. The van der Waals surface area contributed by atoms with Crippen LogP contribution < -0.4 is 5.38 Å². The molecule has 0 unspecified atom stereocenters. The van der Waals surface area contributed by atoms with Crippen LogP contribution in [-0.2, 0) is 0 Å². The molecule has 0 atom stereocenters. The summed E-state index contributed by atoms with van der Waals surface area (Å²) in [5.41, 5.74) is 0.832. The van der Waals surface area contributed by atoms with Crippen LogP contribution in [-0.4, -0.2) is 13.0 Å². The van der Waals surface area contributed by atoms with Crippen molar-refractivity contribution in [2.45, 2.75) is 19.6 Å². The van der Waals surface area contributed by atoms with Gasteiger partial charge in [0.1, 0.15) is 13.7 Å². The average Bonchev–Trinajstić information content (AvgIpc) is 2.58. The molecule has 1 aromatic heterocycles. The van der Waals surface area contributed by atoms with Gasteiger partial charge in [-0.25, -0.2) is 0 Å². The summed E-state index contributed by atoms with van der Waals surface area (Å²) >= 11 is 0. The van der Waals surface area contributed by atoms with Crippen molar-refractivity contribution in [2.75, 3.05) is 0 Å². The molecule has 84 valence electrons. The molecule has 0 aliphatic carbocycles. The van der Waals surface area contributed by atoms with Gasteiger partial charge in [0.25, 0.3) is 5.69 Å². The van der Waals surface area contributed by atoms with Crippen molar-refractivity contribution < 1.29 is 9.34 Å². The summed E-state index contributed by atoms with van der Waals surface area (Å²) in [6.45, 7) is 6.54. The van der Waals surface area contributed by atoms with Gasteiger partial charge in [-0.15, -0.1) is 0 Å². The topological polar surface area (TPSA) is 56.3 Å². The summed E-state index contributed by atoms with van der Waals surface area (Å²) in [6, 6.07) is 6.62. The number of hydrogen-bond acceptors (Lipinski definition) is 3. The standard InChI is InChI=1S/C11H13NO3Si/c1-16(2,3)11-7-8-6-9(12(13)14)4-5-10(8)15-11/h4-7H,1-3H3. The van der Waals surface area contributed by atoms with E-state index < -0.39 is 8.07 Å². The van der Waals surface area contributed by atoms with Crippen molar-refractivity contribution in [2.24, 2.45) is 0 Å². The second-order valence-corrected chi connectivity index (χ2v) is 9.83. The Bertz CT molecular complexity index is 554. The van der Waals surface area contributed by atoms with Crippen molar-refractivity contribution in [3.8, 4) is 0 Å². The van der Waals surface area contributed by atoms with Crippen molar-refractivity contribution in [1.82, 2.24) is 0 Å². The maximum atomic E-state index is 10.6. The maximum Gasteiger partial charge on any atom is 0.270 e. The third kappa shape index (κ3) is 1.86. The number of fused-ring (bicyclic) bond motifs is 1. The normalized spacial score (nSPS) is 11.9. The molecule has 0 amide bonds. The lowest BCUT2D eigenvalue weighted by atomic mass is 10.2. The third-order valence-corrected chi connectivity index (χ3v) is 4.17. The molecule has 4 nitrogen and oxygen atoms in total. The summed E-state index contributed by atoms with van der Waals surface area (Å²) in [5.74, 6) is 0. The smallest absolute Gasteiger partial charge is 0.270 e. The van der Waals surface area contributed by atoms with Gasteiger partial charge >= 0.3 is 0 Å². The van der Waals surface area contributed by atoms with Crippen molar-refractivity contribution in [3.63, 3.8) is 0 Å². The summed E-state index contributed by atoms with van der Waals surface area (Å²) in [6.07, 6.45) is 0. The van der Waals surface area contributed by atoms with Crippen LogP contribution in [0, 0.1) is 10.1 Å². The van der Waals surface area contributed by atoms with Crippen LogP contribution in [0.25, 0.3) is 11.0 Å². The number of non-ortho nitro benzene ring substituents is 1. The van der Waals surface area contributed by atoms with E-state index in [0.29, 0.717) is 0 Å². The molecule has 0 aliphatic heterocycles. The SMILES string of the molecule is C[Si](C)(C)c1cc2cc([N+](=O)[O-])ccc2o1. The first kappa shape index (κ1) is 10.9. The molecule has 0 aliphatic rings. The van der Waals surface area contributed by atoms with Gasteiger partial charge in [-0.05, 0) is 12.1 Å². The van der Waals surface area contributed by atoms with Gasteiger partial charge in [0.05, 0.1) is 10.3 Å². The number of benzene rings is 1. The molecular weight excluding hydrogens is 222 g/mol. The minimum atomic E-state index is -1.50. The van der Waals surface area contributed by atoms with E-state index >= 15 is 0 Å². The second kappa shape index (κ2) is 3.45. The van der Waals surface area contributed by atoms with Gasteiger partial charge in [0, 0.05) is 17.5 Å². The minimum absolute atomic E-state index is 0.107. The summed E-state index contributed by atoms with van der Waals surface area (Å²) in [7, 11) is -1.50. The quantitative estimate of drug-likeness (QED) is 0.457. The first-order valence-electron chi connectivity index (χ1n) is 5.06. The van der Waals surface area contributed by atoms with Gasteiger partial charge in [-0.3, -0.25) is 10.1 Å². The molecule has 2 aromatic rings. The Morgan fingerprint density at radius 3 is 2.50 bits per heavy atom. The van der Waals surface area contributed by atoms with Crippen LogP contribution >= 0.6 is 0 Å². The van der Waals surface area contributed by atoms with Crippen LogP contribution in [0.4, 0.5) is 5.69 Å². The number of nitrogens with zero attached hydrogens (tertiary/aromatic N) is 1. The van der Waals surface area contributed by atoms with E-state index in [-0.39, 0.29) is 10.6 Å². The molecule has 1 heterocycles. The Balaban J connectivity index is 2.59. The monoisotopic (exact) mass is 235 g/mol. The average molecular weight is 235 g/mol. The number of nitro groups is 1. The molecule has 0 bridgehead atoms. The first-order valence-corrected chi connectivity index (χ1v) is 8.56. The molecule has 0 saturated carbocycles. The zero-order valence-electron chi connectivity index (χ0n) is 9.48. The lowest BCUT2D eigenvalue weighted by molar-refractivity contribution is -0.384. The number of hydrogen-bond donors (Lipinski definition) is 0. The van der Waals surface area contributed by atoms with Crippen LogP contribution in [0.3, 0.4) is 0 Å². The Morgan fingerprint density at radius 2 is 1.94 bits per heavy atom. The van der Waals surface area contributed by atoms with Crippen LogP contribution in [0.5, 0.6) is 0 Å². The zero-order valence-corrected chi connectivity index (χ0v) is 10.5. The molecule has 1 aromatic carbocycles. The molecule has 0 N–H and O–H groups in total. The Hall–Kier alpha value is -1.62. The molecule has 0 saturated heterocycles. The molecule has 0 fully saturated rings. The predicted molar refractivity (Wildman–Crippen MR) is 65.8 cm³/mol. The number of rotatable bonds is 2. The molecule has 16 heavy (non-hydrogen) atoms. The van der Waals surface area contributed by atoms with E-state index in [0.717, 1.165) is 16.4 Å². The lowest BCUT2D eigenvalue weighted by Crippen LogP contribution is -2.36. The highest BCUT2D eigenvalue weighted by atomic mass is 28.3. The highest BCUT2D eigenvalue weighted by molar-refractivity contribution is 6.87. The van der Waals surface area contributed by atoms with Crippen LogP contribution in [0.15, 0.2) is 28.7 Å². The van der Waals surface area contributed by atoms with E-state index in [1.807, 2.05) is 6.07 Å². The van der Waals surface area contributed by atoms with E-state index in [1.54, 1.807) is 12.1 Å². The first-order chi connectivity index (χ1) is 7.38. The van der Waals surface area contributed by atoms with Crippen LogP contribution in [0.1, 0.15) is 0 Å². The molecule has 2 rings (SSSR count). The van der Waals surface area contributed by atoms with Gasteiger partial charge in [0.15, 0.2) is 0 Å². The molecule has 0 spiro atoms. The van der Waals surface area contributed by atoms with E-state index in [1.165, 1.54) is 6.07 Å². The summed E-state index contributed by atoms with van der Waals surface area (Å²) < 4.78 is 5.71. The molecule has 5 heteroatoms. The predicted octanol–water partition coefficient (Wildman–Crippen LogP) is 2.89. The number of nitro benzene ring substituents is 1. The largest absolute Gasteiger partial charge is 0.466 e. The van der Waals surface area contributed by atoms with Crippen molar-refractivity contribution in [1.29, 1.82) is 0 Å². The number of furan rings is 1. The van der Waals surface area contributed by atoms with E-state index in [9.17, 15) is 10.1 Å². The molecular formula is C11H13NO3Si. The Labute approximate surface area is 94.0 Å². The summed E-state index contributed by atoms with van der Waals surface area (Å²) in [5, 5.41) is 12.4. The van der Waals surface area contributed by atoms with Crippen molar-refractivity contribution in [3.05, 3.63) is 34.4 Å². The summed E-state index contributed by atoms with van der Waals surface area (Å²) in [4.78, 5) is 10.2. The highest BCUT2D eigenvalue weighted by Crippen LogP contribution is 2.22. The van der Waals surface area contributed by atoms with Crippen LogP contribution in [0.2, 0.25) is 19.6 Å². The maximum absolute atomic E-state index is 10.6. The van der Waals surface area contributed by atoms with E-state index in [4.69, 9.17) is 4.42 Å². The van der Waals surface area contributed by atoms with Crippen molar-refractivity contribution >= 4 is 30.1 Å². The Morgan fingerprint density at radius 1 is 1.25 bits per heavy atom. The zero-order chi connectivity index (χ0) is 11.9.